The van der Waals surface area contributed by atoms with Crippen molar-refractivity contribution in [3.63, 3.8) is 0 Å². The number of rotatable bonds is 4. The third-order valence-electron chi connectivity index (χ3n) is 4.66. The van der Waals surface area contributed by atoms with Gasteiger partial charge in [0, 0.05) is 11.4 Å². The Bertz CT molecular complexity index is 654. The van der Waals surface area contributed by atoms with Crippen LogP contribution in [0.15, 0.2) is 24.3 Å². The Hall–Kier alpha value is -2.08. The van der Waals surface area contributed by atoms with E-state index >= 15 is 0 Å². The number of aryl methyl sites for hydroxylation is 1. The van der Waals surface area contributed by atoms with Crippen LogP contribution in [0.2, 0.25) is 5.02 Å². The molecule has 0 radical (unpaired) electrons. The topological polar surface area (TPSA) is 78.5 Å². The lowest BCUT2D eigenvalue weighted by Crippen LogP contribution is -2.51. The average Bonchev–Trinajstić information content (AvgIpc) is 2.79. The molecule has 0 aromatic heterocycles. The highest BCUT2D eigenvalue weighted by atomic mass is 35.5. The van der Waals surface area contributed by atoms with Gasteiger partial charge in [-0.3, -0.25) is 15.0 Å². The number of hydrogen-bond donors (Lipinski definition) is 2. The molecule has 7 heteroatoms. The van der Waals surface area contributed by atoms with E-state index in [0.29, 0.717) is 24.3 Å². The van der Waals surface area contributed by atoms with Gasteiger partial charge in [-0.1, -0.05) is 43.0 Å². The van der Waals surface area contributed by atoms with Crippen LogP contribution in [0, 0.1) is 0 Å². The molecule has 1 aliphatic carbocycles. The fourth-order valence-corrected chi connectivity index (χ4v) is 3.43. The maximum atomic E-state index is 12.6. The van der Waals surface area contributed by atoms with E-state index in [4.69, 9.17) is 11.6 Å². The molecule has 1 aliphatic heterocycles. The second-order valence-corrected chi connectivity index (χ2v) is 6.81. The number of hydrazine groups is 1. The average molecular weight is 350 g/mol. The third-order valence-corrected chi connectivity index (χ3v) is 4.91. The van der Waals surface area contributed by atoms with Crippen LogP contribution in [0.3, 0.4) is 0 Å². The highest BCUT2D eigenvalue weighted by Crippen LogP contribution is 2.32. The van der Waals surface area contributed by atoms with Crippen LogP contribution in [0.25, 0.3) is 0 Å². The van der Waals surface area contributed by atoms with Crippen molar-refractivity contribution in [2.24, 2.45) is 0 Å². The van der Waals surface area contributed by atoms with Gasteiger partial charge in [0.15, 0.2) is 0 Å². The summed E-state index contributed by atoms with van der Waals surface area (Å²) in [5.74, 6) is -0.701. The molecule has 3 rings (SSSR count). The highest BCUT2D eigenvalue weighted by Gasteiger charge is 2.52. The number of carbonyl (C=O) groups excluding carboxylic acids is 3. The number of nitrogens with one attached hydrogen (secondary N) is 2. The summed E-state index contributed by atoms with van der Waals surface area (Å²) in [6, 6.07) is 6.68. The lowest BCUT2D eigenvalue weighted by Gasteiger charge is -2.30. The van der Waals surface area contributed by atoms with E-state index in [1.54, 1.807) is 12.1 Å². The quantitative estimate of drug-likeness (QED) is 0.820. The molecule has 1 heterocycles. The normalized spacial score (nSPS) is 19.5. The first kappa shape index (κ1) is 16.8. The number of carbonyl (C=O) groups is 3. The van der Waals surface area contributed by atoms with Gasteiger partial charge in [-0.05, 0) is 37.0 Å². The molecule has 2 N–H and O–H groups in total. The summed E-state index contributed by atoms with van der Waals surface area (Å²) >= 11 is 5.82. The number of halogens is 1. The fraction of sp³-hybridized carbons (Fsp3) is 0.471. The van der Waals surface area contributed by atoms with Gasteiger partial charge < -0.3 is 5.32 Å². The number of imide groups is 1. The lowest BCUT2D eigenvalue weighted by atomic mass is 9.82. The second-order valence-electron chi connectivity index (χ2n) is 6.37. The van der Waals surface area contributed by atoms with E-state index in [1.165, 1.54) is 0 Å². The molecule has 1 aromatic carbocycles. The molecule has 2 fully saturated rings. The monoisotopic (exact) mass is 349 g/mol. The molecular formula is C17H20ClN3O3. The maximum absolute atomic E-state index is 12.6. The summed E-state index contributed by atoms with van der Waals surface area (Å²) in [7, 11) is 0. The Morgan fingerprint density at radius 1 is 1.17 bits per heavy atom. The molecular weight excluding hydrogens is 330 g/mol. The summed E-state index contributed by atoms with van der Waals surface area (Å²) in [6.45, 7) is 0. The van der Waals surface area contributed by atoms with Crippen LogP contribution in [0.5, 0.6) is 0 Å². The first-order chi connectivity index (χ1) is 11.5. The van der Waals surface area contributed by atoms with Crippen LogP contribution in [-0.4, -0.2) is 28.4 Å². The largest absolute Gasteiger partial charge is 0.344 e. The minimum atomic E-state index is -0.821. The minimum absolute atomic E-state index is 0.186. The maximum Gasteiger partial charge on any atom is 0.344 e. The van der Waals surface area contributed by atoms with Crippen molar-refractivity contribution in [1.82, 2.24) is 15.8 Å². The molecule has 128 valence electrons. The van der Waals surface area contributed by atoms with E-state index in [2.05, 4.69) is 10.7 Å². The van der Waals surface area contributed by atoms with Gasteiger partial charge in [0.05, 0.1) is 0 Å². The molecule has 1 spiro atoms. The lowest BCUT2D eigenvalue weighted by molar-refractivity contribution is -0.139. The van der Waals surface area contributed by atoms with E-state index < -0.39 is 11.6 Å². The van der Waals surface area contributed by atoms with Crippen molar-refractivity contribution in [2.45, 2.75) is 50.5 Å². The Labute approximate surface area is 145 Å². The molecule has 2 aliphatic rings. The molecule has 4 amide bonds. The fourth-order valence-electron chi connectivity index (χ4n) is 3.31. The van der Waals surface area contributed by atoms with Crippen molar-refractivity contribution < 1.29 is 14.4 Å². The van der Waals surface area contributed by atoms with Crippen LogP contribution in [0.4, 0.5) is 4.79 Å². The van der Waals surface area contributed by atoms with Crippen LogP contribution >= 0.6 is 11.6 Å². The molecule has 0 unspecified atom stereocenters. The number of nitrogens with zero attached hydrogens (tertiary/aromatic N) is 1. The Morgan fingerprint density at radius 2 is 1.83 bits per heavy atom. The SMILES string of the molecule is O=C(CCc1ccc(Cl)cc1)NN1C(=O)NC2(CCCCC2)C1=O. The van der Waals surface area contributed by atoms with Crippen molar-refractivity contribution in [2.75, 3.05) is 0 Å². The Balaban J connectivity index is 1.56. The smallest absolute Gasteiger partial charge is 0.322 e. The van der Waals surface area contributed by atoms with Crippen LogP contribution in [0.1, 0.15) is 44.1 Å². The number of urea groups is 1. The van der Waals surface area contributed by atoms with Crippen molar-refractivity contribution in [3.05, 3.63) is 34.9 Å². The standard InChI is InChI=1S/C17H20ClN3O3/c18-13-7-4-12(5-8-13)6-9-14(22)20-21-15(23)17(19-16(21)24)10-2-1-3-11-17/h4-5,7-8H,1-3,6,9-11H2,(H,19,24)(H,20,22). The van der Waals surface area contributed by atoms with E-state index in [9.17, 15) is 14.4 Å². The molecule has 0 atom stereocenters. The predicted molar refractivity (Wildman–Crippen MR) is 89.1 cm³/mol. The zero-order valence-corrected chi connectivity index (χ0v) is 14.1. The Kier molecular flexibility index (Phi) is 4.76. The second kappa shape index (κ2) is 6.81. The van der Waals surface area contributed by atoms with Gasteiger partial charge in [0.2, 0.25) is 5.91 Å². The molecule has 0 bridgehead atoms. The van der Waals surface area contributed by atoms with Crippen molar-refractivity contribution in [3.8, 4) is 0 Å². The zero-order valence-electron chi connectivity index (χ0n) is 13.3. The van der Waals surface area contributed by atoms with Gasteiger partial charge in [0.1, 0.15) is 5.54 Å². The number of benzene rings is 1. The molecule has 6 nitrogen and oxygen atoms in total. The predicted octanol–water partition coefficient (Wildman–Crippen LogP) is 2.56. The van der Waals surface area contributed by atoms with E-state index in [0.717, 1.165) is 29.8 Å². The van der Waals surface area contributed by atoms with Gasteiger partial charge in [-0.2, -0.15) is 5.01 Å². The zero-order chi connectivity index (χ0) is 17.2. The number of hydrogen-bond acceptors (Lipinski definition) is 3. The van der Waals surface area contributed by atoms with E-state index in [-0.39, 0.29) is 18.2 Å². The Morgan fingerprint density at radius 3 is 2.50 bits per heavy atom. The van der Waals surface area contributed by atoms with Crippen molar-refractivity contribution >= 4 is 29.4 Å². The number of amides is 4. The highest BCUT2D eigenvalue weighted by molar-refractivity contribution is 6.30. The molecule has 1 saturated carbocycles. The van der Waals surface area contributed by atoms with Gasteiger partial charge in [-0.25, -0.2) is 4.79 Å². The van der Waals surface area contributed by atoms with Gasteiger partial charge >= 0.3 is 6.03 Å². The van der Waals surface area contributed by atoms with Gasteiger partial charge in [-0.15, -0.1) is 0 Å². The van der Waals surface area contributed by atoms with Crippen molar-refractivity contribution in [1.29, 1.82) is 0 Å². The summed E-state index contributed by atoms with van der Waals surface area (Å²) in [5, 5.41) is 4.24. The summed E-state index contributed by atoms with van der Waals surface area (Å²) in [6.07, 6.45) is 4.85. The minimum Gasteiger partial charge on any atom is -0.322 e. The molecule has 24 heavy (non-hydrogen) atoms. The first-order valence-corrected chi connectivity index (χ1v) is 8.59. The summed E-state index contributed by atoms with van der Waals surface area (Å²) < 4.78 is 0. The third kappa shape index (κ3) is 3.38. The first-order valence-electron chi connectivity index (χ1n) is 8.21. The van der Waals surface area contributed by atoms with Crippen LogP contribution < -0.4 is 10.7 Å². The summed E-state index contributed by atoms with van der Waals surface area (Å²) in [4.78, 5) is 36.7. The van der Waals surface area contributed by atoms with Gasteiger partial charge in [0.25, 0.3) is 5.91 Å². The molecule has 1 aromatic rings. The summed E-state index contributed by atoms with van der Waals surface area (Å²) in [5.41, 5.74) is 2.59. The van der Waals surface area contributed by atoms with E-state index in [1.807, 2.05) is 12.1 Å². The van der Waals surface area contributed by atoms with Crippen LogP contribution in [-0.2, 0) is 16.0 Å². The molecule has 1 saturated heterocycles.